The molecule has 1 radical (unpaired) electrons. The fourth-order valence-corrected chi connectivity index (χ4v) is 11.2. The zero-order chi connectivity index (χ0) is 83.4. The number of phenolic OH excluding ortho intramolecular Hbond substituents is 1. The number of carbonyl (C=O) groups excluding carboxylic acids is 1. The van der Waals surface area contributed by atoms with Crippen molar-refractivity contribution in [2.45, 2.75) is 104 Å². The Balaban J connectivity index is 0.000000478. The molecule has 0 amide bonds. The predicted molar refractivity (Wildman–Crippen MR) is 451 cm³/mol. The number of carbonyl (C=O) groups is 1. The van der Waals surface area contributed by atoms with Gasteiger partial charge in [0.25, 0.3) is 29.2 Å². The molecule has 2 saturated heterocycles. The van der Waals surface area contributed by atoms with Crippen LogP contribution in [0, 0.1) is 54.3 Å². The van der Waals surface area contributed by atoms with E-state index in [2.05, 4.69) is 61.5 Å². The second-order valence-electron chi connectivity index (χ2n) is 26.2. The van der Waals surface area contributed by atoms with Gasteiger partial charge in [-0.25, -0.2) is 0 Å². The summed E-state index contributed by atoms with van der Waals surface area (Å²) in [5, 5.41) is 80.9. The molecule has 0 unspecified atom stereocenters. The Morgan fingerprint density at radius 3 is 1.13 bits per heavy atom. The summed E-state index contributed by atoms with van der Waals surface area (Å²) < 4.78 is 33.5. The standard InChI is InChI=1S/C25H25BClNO5.C13H9BrClNO2.C13H10ClNO2.C12H17BO3.C7H6BrNO2.C6H6BClO2.CH2O3.BHNS.2K.H/c1-24(2)25(3,4)33-26(32-24)19-7-12-22(13-8-19)31-16-18-15-21(28(29)30)11-14-23(18)17-5-9-20(27)10-6-17;14-8-10-7-12(16(17)18)5-6-13(10)9-1-3-11(15)4-2-9;1-9-8-12(15(16)17)6-7-13(9)10-2-4-11(14)5-3-10;1-11(2)12(3,4)16-13(15-11)9-5-7-10(14)8-6-9;1-5-4-6(9(10)11)2-3-7(5)8;8-6-3-1-5(2-4-6)7(9)10;2-1-4-3;1-2-3;;;/h5-15H,16H2,1-4H3;1-7H,8H2;2-8H,1H3;5-8,14H,1-4H3;2-4H,1H3;1-4,9-10H;1,3H;3H;;;/q;;;;;;;;2*+1;-1/p-1. The van der Waals surface area contributed by atoms with Crippen LogP contribution in [0.5, 0.6) is 11.5 Å². The average Bonchev–Trinajstić information content (AvgIpc) is 1.63. The minimum atomic E-state index is -1.41. The Morgan fingerprint density at radius 1 is 0.509 bits per heavy atom. The van der Waals surface area contributed by atoms with E-state index in [0.717, 1.165) is 65.5 Å². The first-order chi connectivity index (χ1) is 52.7. The summed E-state index contributed by atoms with van der Waals surface area (Å²) in [5.74, 6) is 0.893. The van der Waals surface area contributed by atoms with Crippen LogP contribution >= 0.6 is 91.1 Å². The van der Waals surface area contributed by atoms with Gasteiger partial charge in [0.15, 0.2) is 0 Å². The Labute approximate surface area is 791 Å². The van der Waals surface area contributed by atoms with E-state index in [-0.39, 0.29) is 164 Å². The van der Waals surface area contributed by atoms with E-state index < -0.39 is 45.1 Å². The first-order valence-corrected chi connectivity index (χ1v) is 37.2. The van der Waals surface area contributed by atoms with E-state index in [0.29, 0.717) is 42.2 Å². The number of benzene rings is 10. The van der Waals surface area contributed by atoms with Crippen LogP contribution in [0.4, 0.5) is 22.7 Å². The SMILES string of the molecule is CC1(C)OB(c2ccc(O)cc2)OC1(C)C.CC1(C)OB(c2ccc(OCc3cc([N+](=O)[O-])ccc3-c3ccc(Cl)cc3)cc2)OC1(C)C.Cc1cc([N+](=O)[O-])ccc1-c1ccc(Cl)cc1.Cc1cc([N+](=O)[O-])ccc1Br.O=CO[O-].O=[N+]([O-])c1ccc(-c2ccc(Cl)cc2)c(CBr)c1.OB(O)c1ccc(Cl)cc1.[B]=NS.[H-].[K+].[K+]. The number of ether oxygens (including phenoxy) is 1. The van der Waals surface area contributed by atoms with Gasteiger partial charge in [0.2, 0.25) is 0 Å². The van der Waals surface area contributed by atoms with Gasteiger partial charge in [-0.05, 0) is 233 Å². The van der Waals surface area contributed by atoms with Crippen LogP contribution in [0.1, 0.15) is 79.1 Å². The molecule has 2 heterocycles. The number of phenols is 1. The van der Waals surface area contributed by atoms with Gasteiger partial charge >= 0.3 is 149 Å². The van der Waals surface area contributed by atoms with E-state index in [1.54, 1.807) is 115 Å². The number of nitrogens with zero attached hydrogens (tertiary/aromatic N) is 5. The number of thiol groups is 1. The molecule has 37 heteroatoms. The van der Waals surface area contributed by atoms with Crippen molar-refractivity contribution in [2.24, 2.45) is 4.30 Å². The maximum atomic E-state index is 11.3. The Morgan fingerprint density at radius 2 is 0.807 bits per heavy atom. The molecule has 3 N–H and O–H groups in total. The molecule has 2 aliphatic rings. The number of nitro groups is 4. The van der Waals surface area contributed by atoms with Gasteiger partial charge in [-0.1, -0.05) is 151 Å². The van der Waals surface area contributed by atoms with E-state index in [1.165, 1.54) is 30.3 Å². The first kappa shape index (κ1) is 103. The number of nitro benzene ring substituents is 4. The zero-order valence-corrected chi connectivity index (χ0v) is 77.2. The topological polar surface area (TPSA) is 341 Å². The molecular formula is C77H76B4Br2Cl4K2N5O19S. The smallest absolute Gasteiger partial charge is 1.00 e. The summed E-state index contributed by atoms with van der Waals surface area (Å²) in [6, 6.07) is 62.1. The summed E-state index contributed by atoms with van der Waals surface area (Å²) >= 11 is 33.0. The molecule has 585 valence electrons. The first-order valence-electron chi connectivity index (χ1n) is 33.4. The molecule has 0 spiro atoms. The number of rotatable bonds is 15. The largest absolute Gasteiger partial charge is 1.00 e. The minimum absolute atomic E-state index is 0. The van der Waals surface area contributed by atoms with Crippen molar-refractivity contribution in [1.29, 1.82) is 0 Å². The van der Waals surface area contributed by atoms with Crippen LogP contribution in [0.15, 0.2) is 227 Å². The second-order valence-corrected chi connectivity index (χ2v) is 29.5. The molecule has 0 aliphatic carbocycles. The minimum Gasteiger partial charge on any atom is -1.00 e. The summed E-state index contributed by atoms with van der Waals surface area (Å²) in [5.41, 5.74) is 10.2. The maximum absolute atomic E-state index is 11.3. The number of alkyl halides is 1. The quantitative estimate of drug-likeness (QED) is 0.0141. The van der Waals surface area contributed by atoms with Gasteiger partial charge in [0, 0.05) is 84.0 Å². The van der Waals surface area contributed by atoms with E-state index in [1.807, 2.05) is 142 Å². The fourth-order valence-electron chi connectivity index (χ4n) is 10.0. The molecule has 114 heavy (non-hydrogen) atoms. The molecule has 0 aromatic heterocycles. The van der Waals surface area contributed by atoms with Crippen molar-refractivity contribution in [3.05, 3.63) is 306 Å². The second kappa shape index (κ2) is 49.1. The summed E-state index contributed by atoms with van der Waals surface area (Å²) in [6.07, 6.45) is 0. The predicted octanol–water partition coefficient (Wildman–Crippen LogP) is 11.9. The summed E-state index contributed by atoms with van der Waals surface area (Å²) in [7, 11) is 2.13. The third kappa shape index (κ3) is 31.9. The molecular weight excluding hydrogens is 1750 g/mol. The molecule has 10 aromatic carbocycles. The van der Waals surface area contributed by atoms with E-state index in [4.69, 9.17) is 89.9 Å². The molecule has 2 aliphatic heterocycles. The number of halogens is 6. The van der Waals surface area contributed by atoms with Crippen LogP contribution in [0.3, 0.4) is 0 Å². The van der Waals surface area contributed by atoms with Gasteiger partial charge < -0.3 is 50.1 Å². The molecule has 0 bridgehead atoms. The van der Waals surface area contributed by atoms with Crippen molar-refractivity contribution in [3.8, 4) is 44.9 Å². The number of aromatic hydroxyl groups is 1. The fraction of sp³-hybridized carbons (Fsp3) is 0.208. The molecule has 2 fully saturated rings. The van der Waals surface area contributed by atoms with Gasteiger partial charge in [0.05, 0.1) is 42.1 Å². The molecule has 0 saturated carbocycles. The van der Waals surface area contributed by atoms with Gasteiger partial charge in [0.1, 0.15) is 18.1 Å². The Hall–Kier alpha value is -5.61. The molecule has 10 aromatic rings. The van der Waals surface area contributed by atoms with Crippen molar-refractivity contribution in [1.82, 2.24) is 0 Å². The molecule has 0 atom stereocenters. The zero-order valence-electron chi connectivity index (χ0n) is 64.9. The van der Waals surface area contributed by atoms with Crippen LogP contribution < -0.4 is 129 Å². The van der Waals surface area contributed by atoms with Crippen molar-refractivity contribution < 1.29 is 177 Å². The normalized spacial score (nSPS) is 13.1. The van der Waals surface area contributed by atoms with E-state index in [9.17, 15) is 45.6 Å². The maximum Gasteiger partial charge on any atom is 1.00 e. The third-order valence-corrected chi connectivity index (χ3v) is 19.9. The van der Waals surface area contributed by atoms with Gasteiger partial charge in [-0.2, -0.15) is 0 Å². The van der Waals surface area contributed by atoms with Crippen LogP contribution in [0.2, 0.25) is 20.1 Å². The number of hydrogen-bond acceptors (Lipinski definition) is 21. The average molecular weight is 1830 g/mol. The summed E-state index contributed by atoms with van der Waals surface area (Å²) in [6.45, 7) is 19.8. The van der Waals surface area contributed by atoms with Gasteiger partial charge in [-0.3, -0.25) is 45.3 Å². The van der Waals surface area contributed by atoms with Crippen LogP contribution in [0.25, 0.3) is 33.4 Å². The Kier molecular flexibility index (Phi) is 44.2. The number of aryl methyl sites for hydroxylation is 2. The van der Waals surface area contributed by atoms with Crippen LogP contribution in [-0.4, -0.2) is 92.7 Å². The number of hydrogen-bond donors (Lipinski definition) is 4. The number of non-ortho nitro benzene ring substituents is 4. The van der Waals surface area contributed by atoms with Crippen molar-refractivity contribution in [2.75, 3.05) is 0 Å². The third-order valence-electron chi connectivity index (χ3n) is 17.4. The summed E-state index contributed by atoms with van der Waals surface area (Å²) in [4.78, 5) is 52.6. The Bertz CT molecular complexity index is 4800. The van der Waals surface area contributed by atoms with Gasteiger partial charge in [-0.15, -0.1) is 0 Å². The van der Waals surface area contributed by atoms with Crippen molar-refractivity contribution in [3.63, 3.8) is 0 Å². The monoisotopic (exact) mass is 1830 g/mol. The molecule has 12 rings (SSSR count). The molecule has 24 nitrogen and oxygen atoms in total. The van der Waals surface area contributed by atoms with Crippen molar-refractivity contribution >= 4 is 166 Å². The van der Waals surface area contributed by atoms with Crippen LogP contribution in [-0.2, 0) is 40.2 Å². The van der Waals surface area contributed by atoms with E-state index >= 15 is 0 Å².